The van der Waals surface area contributed by atoms with Gasteiger partial charge in [-0.05, 0) is 27.1 Å². The van der Waals surface area contributed by atoms with Gasteiger partial charge in [0, 0.05) is 12.6 Å². The predicted octanol–water partition coefficient (Wildman–Crippen LogP) is 3.55. The van der Waals surface area contributed by atoms with Crippen LogP contribution in [-0.4, -0.2) is 5.78 Å². The van der Waals surface area contributed by atoms with E-state index < -0.39 is 0 Å². The summed E-state index contributed by atoms with van der Waals surface area (Å²) in [4.78, 5) is 12.1. The number of allylic oxidation sites excluding steroid dienone is 1. The van der Waals surface area contributed by atoms with Crippen molar-refractivity contribution < 1.29 is 4.79 Å². The Kier molecular flexibility index (Phi) is 4.39. The third-order valence-corrected chi connectivity index (χ3v) is 4.21. The highest BCUT2D eigenvalue weighted by Crippen LogP contribution is 2.27. The Morgan fingerprint density at radius 1 is 1.00 bits per heavy atom. The van der Waals surface area contributed by atoms with Crippen molar-refractivity contribution in [2.75, 3.05) is 0 Å². The molecular weight excluding hydrogens is 340 g/mol. The van der Waals surface area contributed by atoms with Gasteiger partial charge in [0.25, 0.3) is 0 Å². The normalized spacial score (nSPS) is 16.0. The fourth-order valence-electron chi connectivity index (χ4n) is 2.22. The summed E-state index contributed by atoms with van der Waals surface area (Å²) in [6.07, 6.45) is 1.59. The lowest BCUT2D eigenvalue weighted by atomic mass is 10.1. The maximum atomic E-state index is 12.1. The molecule has 0 aliphatic carbocycles. The SMILES string of the molecule is O=C1C=C(NCc2ccccc2)N/C1=C(\Br)c1ccccc1. The molecule has 0 radical (unpaired) electrons. The molecule has 0 fully saturated rings. The van der Waals surface area contributed by atoms with E-state index in [0.717, 1.165) is 21.4 Å². The number of rotatable bonds is 4. The van der Waals surface area contributed by atoms with Gasteiger partial charge in [0.15, 0.2) is 0 Å². The molecule has 1 aliphatic heterocycles. The Morgan fingerprint density at radius 2 is 1.64 bits per heavy atom. The molecule has 0 spiro atoms. The molecule has 3 nitrogen and oxygen atoms in total. The summed E-state index contributed by atoms with van der Waals surface area (Å²) in [6, 6.07) is 19.8. The van der Waals surface area contributed by atoms with Crippen molar-refractivity contribution >= 4 is 26.2 Å². The van der Waals surface area contributed by atoms with Crippen LogP contribution in [0.15, 0.2) is 78.3 Å². The minimum Gasteiger partial charge on any atom is -0.367 e. The van der Waals surface area contributed by atoms with E-state index in [1.54, 1.807) is 6.08 Å². The fourth-order valence-corrected chi connectivity index (χ4v) is 2.77. The van der Waals surface area contributed by atoms with E-state index in [-0.39, 0.29) is 5.78 Å². The number of benzene rings is 2. The molecule has 0 aromatic heterocycles. The van der Waals surface area contributed by atoms with E-state index in [1.807, 2.05) is 60.7 Å². The van der Waals surface area contributed by atoms with Gasteiger partial charge in [0.05, 0.1) is 4.48 Å². The highest BCUT2D eigenvalue weighted by atomic mass is 79.9. The Bertz CT molecular complexity index is 736. The molecule has 0 atom stereocenters. The van der Waals surface area contributed by atoms with Crippen LogP contribution in [0, 0.1) is 0 Å². The van der Waals surface area contributed by atoms with Crippen molar-refractivity contribution in [3.63, 3.8) is 0 Å². The first kappa shape index (κ1) is 14.6. The number of carbonyl (C=O) groups excluding carboxylic acids is 1. The summed E-state index contributed by atoms with van der Waals surface area (Å²) in [6.45, 7) is 0.670. The minimum absolute atomic E-state index is 0.0358. The summed E-state index contributed by atoms with van der Waals surface area (Å²) in [5.74, 6) is 0.683. The Morgan fingerprint density at radius 3 is 2.32 bits per heavy atom. The number of hydrogen-bond acceptors (Lipinski definition) is 3. The van der Waals surface area contributed by atoms with Crippen molar-refractivity contribution in [2.45, 2.75) is 6.54 Å². The Hall–Kier alpha value is -2.33. The first-order valence-corrected chi connectivity index (χ1v) is 7.79. The molecular formula is C18H15BrN2O. The van der Waals surface area contributed by atoms with Crippen molar-refractivity contribution in [2.24, 2.45) is 0 Å². The molecule has 2 N–H and O–H groups in total. The lowest BCUT2D eigenvalue weighted by Crippen LogP contribution is -2.22. The largest absolute Gasteiger partial charge is 0.367 e. The Labute approximate surface area is 137 Å². The lowest BCUT2D eigenvalue weighted by molar-refractivity contribution is -0.111. The minimum atomic E-state index is -0.0358. The molecule has 0 saturated heterocycles. The third kappa shape index (κ3) is 3.28. The second kappa shape index (κ2) is 6.62. The average molecular weight is 355 g/mol. The second-order valence-electron chi connectivity index (χ2n) is 4.94. The van der Waals surface area contributed by atoms with Gasteiger partial charge in [-0.15, -0.1) is 0 Å². The van der Waals surface area contributed by atoms with E-state index in [4.69, 9.17) is 0 Å². The smallest absolute Gasteiger partial charge is 0.206 e. The lowest BCUT2D eigenvalue weighted by Gasteiger charge is -2.10. The number of nitrogens with one attached hydrogen (secondary N) is 2. The topological polar surface area (TPSA) is 41.1 Å². The van der Waals surface area contributed by atoms with Crippen LogP contribution in [-0.2, 0) is 11.3 Å². The number of hydrogen-bond donors (Lipinski definition) is 2. The number of ketones is 1. The van der Waals surface area contributed by atoms with Crippen molar-refractivity contribution in [1.29, 1.82) is 0 Å². The van der Waals surface area contributed by atoms with E-state index in [9.17, 15) is 4.79 Å². The summed E-state index contributed by atoms with van der Waals surface area (Å²) in [7, 11) is 0. The van der Waals surface area contributed by atoms with Crippen LogP contribution in [0.25, 0.3) is 4.48 Å². The van der Waals surface area contributed by atoms with Crippen LogP contribution in [0.5, 0.6) is 0 Å². The van der Waals surface area contributed by atoms with Crippen LogP contribution in [0.1, 0.15) is 11.1 Å². The molecule has 2 aromatic carbocycles. The average Bonchev–Trinajstić information content (AvgIpc) is 2.95. The molecule has 0 amide bonds. The van der Waals surface area contributed by atoms with E-state index in [2.05, 4.69) is 26.6 Å². The highest BCUT2D eigenvalue weighted by Gasteiger charge is 2.21. The molecule has 0 bridgehead atoms. The van der Waals surface area contributed by atoms with Crippen LogP contribution in [0.3, 0.4) is 0 Å². The van der Waals surface area contributed by atoms with Crippen LogP contribution >= 0.6 is 15.9 Å². The Balaban J connectivity index is 1.71. The van der Waals surface area contributed by atoms with Gasteiger partial charge in [-0.1, -0.05) is 60.7 Å². The van der Waals surface area contributed by atoms with Gasteiger partial charge in [-0.3, -0.25) is 4.79 Å². The zero-order chi connectivity index (χ0) is 15.4. The van der Waals surface area contributed by atoms with Crippen molar-refractivity contribution in [3.8, 4) is 0 Å². The first-order chi connectivity index (χ1) is 10.7. The second-order valence-corrected chi connectivity index (χ2v) is 5.73. The van der Waals surface area contributed by atoms with Gasteiger partial charge in [-0.25, -0.2) is 0 Å². The standard InChI is InChI=1S/C18H15BrN2O/c19-17(14-9-5-2-6-10-14)18-15(22)11-16(21-18)20-12-13-7-3-1-4-8-13/h1-11,20-21H,12H2/b18-17-. The summed E-state index contributed by atoms with van der Waals surface area (Å²) >= 11 is 3.51. The molecule has 4 heteroatoms. The summed E-state index contributed by atoms with van der Waals surface area (Å²) in [5, 5.41) is 6.38. The third-order valence-electron chi connectivity index (χ3n) is 3.35. The quantitative estimate of drug-likeness (QED) is 0.825. The predicted molar refractivity (Wildman–Crippen MR) is 91.8 cm³/mol. The number of carbonyl (C=O) groups is 1. The first-order valence-electron chi connectivity index (χ1n) is 7.00. The number of halogens is 1. The van der Waals surface area contributed by atoms with Crippen molar-refractivity contribution in [1.82, 2.24) is 10.6 Å². The molecule has 1 aliphatic rings. The molecule has 110 valence electrons. The molecule has 0 saturated carbocycles. The van der Waals surface area contributed by atoms with Crippen LogP contribution in [0.2, 0.25) is 0 Å². The highest BCUT2D eigenvalue weighted by molar-refractivity contribution is 9.15. The van der Waals surface area contributed by atoms with E-state index in [0.29, 0.717) is 12.2 Å². The maximum absolute atomic E-state index is 12.1. The van der Waals surface area contributed by atoms with Gasteiger partial charge >= 0.3 is 0 Å². The van der Waals surface area contributed by atoms with Gasteiger partial charge in [-0.2, -0.15) is 0 Å². The zero-order valence-corrected chi connectivity index (χ0v) is 13.4. The van der Waals surface area contributed by atoms with Crippen molar-refractivity contribution in [3.05, 3.63) is 89.4 Å². The van der Waals surface area contributed by atoms with Gasteiger partial charge < -0.3 is 10.6 Å². The van der Waals surface area contributed by atoms with Crippen LogP contribution in [0.4, 0.5) is 0 Å². The summed E-state index contributed by atoms with van der Waals surface area (Å²) in [5.41, 5.74) is 2.69. The summed E-state index contributed by atoms with van der Waals surface area (Å²) < 4.78 is 0.769. The molecule has 2 aromatic rings. The van der Waals surface area contributed by atoms with Crippen LogP contribution < -0.4 is 10.6 Å². The molecule has 22 heavy (non-hydrogen) atoms. The van der Waals surface area contributed by atoms with Gasteiger partial charge in [0.2, 0.25) is 5.78 Å². The van der Waals surface area contributed by atoms with E-state index in [1.165, 1.54) is 0 Å². The fraction of sp³-hybridized carbons (Fsp3) is 0.0556. The van der Waals surface area contributed by atoms with Gasteiger partial charge in [0.1, 0.15) is 11.5 Å². The van der Waals surface area contributed by atoms with E-state index >= 15 is 0 Å². The molecule has 3 rings (SSSR count). The zero-order valence-electron chi connectivity index (χ0n) is 11.8. The molecule has 1 heterocycles. The molecule has 0 unspecified atom stereocenters. The maximum Gasteiger partial charge on any atom is 0.206 e. The monoisotopic (exact) mass is 354 g/mol.